The second-order valence-electron chi connectivity index (χ2n) is 6.88. The number of thioether (sulfide) groups is 1. The van der Waals surface area contributed by atoms with Crippen molar-refractivity contribution in [1.29, 1.82) is 0 Å². The molecule has 1 heterocycles. The van der Waals surface area contributed by atoms with E-state index in [1.54, 1.807) is 0 Å². The van der Waals surface area contributed by atoms with Crippen LogP contribution in [0.15, 0.2) is 29.2 Å². The van der Waals surface area contributed by atoms with Gasteiger partial charge in [-0.2, -0.15) is 0 Å². The van der Waals surface area contributed by atoms with Gasteiger partial charge < -0.3 is 15.4 Å². The molecule has 4 nitrogen and oxygen atoms in total. The molecule has 0 aliphatic carbocycles. The first-order chi connectivity index (χ1) is 10.9. The number of hydrogen-bond donors (Lipinski definition) is 2. The average molecular weight is 337 g/mol. The molecule has 5 heteroatoms. The number of rotatable bonds is 5. The van der Waals surface area contributed by atoms with Crippen molar-refractivity contribution < 1.29 is 9.53 Å². The second-order valence-corrected chi connectivity index (χ2v) is 8.02. The molecule has 2 rings (SSSR count). The molecule has 0 saturated carbocycles. The Kier molecular flexibility index (Phi) is 6.36. The molecule has 1 aliphatic rings. The zero-order chi connectivity index (χ0) is 16.9. The fourth-order valence-electron chi connectivity index (χ4n) is 2.64. The van der Waals surface area contributed by atoms with Gasteiger partial charge in [0.2, 0.25) is 0 Å². The molecular formula is C18H28N2O2S. The third-order valence-electron chi connectivity index (χ3n) is 3.78. The smallest absolute Gasteiger partial charge is 0.407 e. The minimum atomic E-state index is -0.460. The Morgan fingerprint density at radius 2 is 2.13 bits per heavy atom. The van der Waals surface area contributed by atoms with Crippen LogP contribution >= 0.6 is 11.8 Å². The van der Waals surface area contributed by atoms with Crippen LogP contribution in [0.3, 0.4) is 0 Å². The van der Waals surface area contributed by atoms with Crippen molar-refractivity contribution in [2.75, 3.05) is 12.3 Å². The molecule has 23 heavy (non-hydrogen) atoms. The molecule has 1 aromatic carbocycles. The van der Waals surface area contributed by atoms with E-state index in [9.17, 15) is 4.79 Å². The molecule has 2 unspecified atom stereocenters. The van der Waals surface area contributed by atoms with Gasteiger partial charge >= 0.3 is 6.09 Å². The molecule has 0 radical (unpaired) electrons. The van der Waals surface area contributed by atoms with Crippen molar-refractivity contribution in [3.8, 4) is 0 Å². The molecule has 0 saturated heterocycles. The van der Waals surface area contributed by atoms with Crippen LogP contribution in [0.5, 0.6) is 0 Å². The summed E-state index contributed by atoms with van der Waals surface area (Å²) in [5.74, 6) is 1.13. The minimum absolute atomic E-state index is 0.240. The Balaban J connectivity index is 1.89. The fraction of sp³-hybridized carbons (Fsp3) is 0.611. The van der Waals surface area contributed by atoms with Crippen molar-refractivity contribution in [3.63, 3.8) is 0 Å². The molecule has 0 aromatic heterocycles. The normalized spacial score (nSPS) is 18.9. The molecular weight excluding hydrogens is 308 g/mol. The summed E-state index contributed by atoms with van der Waals surface area (Å²) in [7, 11) is 0. The first kappa shape index (κ1) is 18.1. The van der Waals surface area contributed by atoms with Gasteiger partial charge in [-0.05, 0) is 51.0 Å². The number of ether oxygens (including phenoxy) is 1. The van der Waals surface area contributed by atoms with E-state index < -0.39 is 5.60 Å². The highest BCUT2D eigenvalue weighted by Crippen LogP contribution is 2.36. The Morgan fingerprint density at radius 3 is 2.83 bits per heavy atom. The van der Waals surface area contributed by atoms with Crippen LogP contribution in [-0.4, -0.2) is 30.0 Å². The number of carbonyl (C=O) groups excluding carboxylic acids is 1. The van der Waals surface area contributed by atoms with E-state index in [0.717, 1.165) is 18.6 Å². The quantitative estimate of drug-likeness (QED) is 0.849. The third-order valence-corrected chi connectivity index (χ3v) is 4.90. The van der Waals surface area contributed by atoms with E-state index in [1.807, 2.05) is 32.5 Å². The maximum Gasteiger partial charge on any atom is 0.407 e. The second kappa shape index (κ2) is 8.06. The number of hydrogen-bond acceptors (Lipinski definition) is 4. The highest BCUT2D eigenvalue weighted by atomic mass is 32.2. The summed E-state index contributed by atoms with van der Waals surface area (Å²) in [6.07, 6.45) is 1.73. The van der Waals surface area contributed by atoms with Crippen LogP contribution < -0.4 is 10.6 Å². The summed E-state index contributed by atoms with van der Waals surface area (Å²) in [5.41, 5.74) is 0.915. The monoisotopic (exact) mass is 336 g/mol. The summed E-state index contributed by atoms with van der Waals surface area (Å²) in [6, 6.07) is 9.18. The molecule has 1 amide bonds. The van der Waals surface area contributed by atoms with Crippen molar-refractivity contribution in [1.82, 2.24) is 10.6 Å². The molecule has 1 aliphatic heterocycles. The van der Waals surface area contributed by atoms with Crippen LogP contribution in [0.1, 0.15) is 52.1 Å². The molecule has 1 aromatic rings. The predicted octanol–water partition coefficient (Wildman–Crippen LogP) is 4.12. The molecule has 0 spiro atoms. The zero-order valence-electron chi connectivity index (χ0n) is 14.5. The summed E-state index contributed by atoms with van der Waals surface area (Å²) in [5, 5.41) is 6.57. The van der Waals surface area contributed by atoms with E-state index in [2.05, 4.69) is 41.8 Å². The lowest BCUT2D eigenvalue weighted by atomic mass is 10.0. The molecule has 2 N–H and O–H groups in total. The number of amides is 1. The number of fused-ring (bicyclic) bond motifs is 1. The van der Waals surface area contributed by atoms with Gasteiger partial charge in [0.25, 0.3) is 0 Å². The van der Waals surface area contributed by atoms with Crippen LogP contribution in [0.4, 0.5) is 4.79 Å². The van der Waals surface area contributed by atoms with Gasteiger partial charge in [0, 0.05) is 23.5 Å². The van der Waals surface area contributed by atoms with Crippen LogP contribution in [-0.2, 0) is 4.74 Å². The van der Waals surface area contributed by atoms with Gasteiger partial charge in [-0.15, -0.1) is 11.8 Å². The summed E-state index contributed by atoms with van der Waals surface area (Å²) in [6.45, 7) is 8.34. The molecule has 0 bridgehead atoms. The summed E-state index contributed by atoms with van der Waals surface area (Å²) >= 11 is 1.92. The highest BCUT2D eigenvalue weighted by molar-refractivity contribution is 7.99. The lowest BCUT2D eigenvalue weighted by Crippen LogP contribution is -2.44. The van der Waals surface area contributed by atoms with Crippen molar-refractivity contribution in [2.45, 2.75) is 63.1 Å². The third kappa shape index (κ3) is 5.74. The molecule has 0 fully saturated rings. The zero-order valence-corrected chi connectivity index (χ0v) is 15.3. The van der Waals surface area contributed by atoms with Crippen LogP contribution in [0.2, 0.25) is 0 Å². The first-order valence-electron chi connectivity index (χ1n) is 8.33. The highest BCUT2D eigenvalue weighted by Gasteiger charge is 2.23. The van der Waals surface area contributed by atoms with Gasteiger partial charge in [0.05, 0.1) is 0 Å². The van der Waals surface area contributed by atoms with E-state index in [0.29, 0.717) is 12.6 Å². The summed E-state index contributed by atoms with van der Waals surface area (Å²) in [4.78, 5) is 13.2. The Hall–Kier alpha value is -1.20. The Labute approximate surface area is 143 Å². The van der Waals surface area contributed by atoms with Crippen LogP contribution in [0, 0.1) is 0 Å². The summed E-state index contributed by atoms with van der Waals surface area (Å²) < 4.78 is 5.30. The topological polar surface area (TPSA) is 50.4 Å². The number of alkyl carbamates (subject to hydrolysis) is 1. The fourth-order valence-corrected chi connectivity index (χ4v) is 3.77. The lowest BCUT2D eigenvalue weighted by molar-refractivity contribution is 0.0521. The Morgan fingerprint density at radius 1 is 1.39 bits per heavy atom. The van der Waals surface area contributed by atoms with Gasteiger partial charge in [-0.1, -0.05) is 25.1 Å². The number of nitrogens with one attached hydrogen (secondary N) is 2. The number of benzene rings is 1. The largest absolute Gasteiger partial charge is 0.444 e. The molecule has 2 atom stereocenters. The van der Waals surface area contributed by atoms with E-state index in [-0.39, 0.29) is 12.1 Å². The average Bonchev–Trinajstić information content (AvgIpc) is 2.50. The van der Waals surface area contributed by atoms with E-state index >= 15 is 0 Å². The maximum absolute atomic E-state index is 11.8. The van der Waals surface area contributed by atoms with Gasteiger partial charge in [-0.25, -0.2) is 4.79 Å². The van der Waals surface area contributed by atoms with Crippen molar-refractivity contribution >= 4 is 17.9 Å². The Bertz CT molecular complexity index is 528. The van der Waals surface area contributed by atoms with Gasteiger partial charge in [0.15, 0.2) is 0 Å². The van der Waals surface area contributed by atoms with Gasteiger partial charge in [0.1, 0.15) is 5.60 Å². The van der Waals surface area contributed by atoms with Crippen molar-refractivity contribution in [3.05, 3.63) is 29.8 Å². The SMILES string of the molecule is CCC(CNC(=O)OC(C)(C)C)NC1CCSc2ccccc21. The lowest BCUT2D eigenvalue weighted by Gasteiger charge is -2.30. The van der Waals surface area contributed by atoms with Gasteiger partial charge in [-0.3, -0.25) is 0 Å². The van der Waals surface area contributed by atoms with E-state index in [4.69, 9.17) is 4.74 Å². The maximum atomic E-state index is 11.8. The number of carbonyl (C=O) groups is 1. The molecule has 128 valence electrons. The van der Waals surface area contributed by atoms with Crippen LogP contribution in [0.25, 0.3) is 0 Å². The first-order valence-corrected chi connectivity index (χ1v) is 9.32. The van der Waals surface area contributed by atoms with E-state index in [1.165, 1.54) is 10.5 Å². The van der Waals surface area contributed by atoms with Crippen molar-refractivity contribution in [2.24, 2.45) is 0 Å². The predicted molar refractivity (Wildman–Crippen MR) is 96.0 cm³/mol. The minimum Gasteiger partial charge on any atom is -0.444 e. The standard InChI is InChI=1S/C18H28N2O2S/c1-5-13(12-19-17(21)22-18(2,3)4)20-15-10-11-23-16-9-7-6-8-14(15)16/h6-9,13,15,20H,5,10-12H2,1-4H3,(H,19,21).